The van der Waals surface area contributed by atoms with Gasteiger partial charge in [0.1, 0.15) is 0 Å². The molecule has 0 bridgehead atoms. The van der Waals surface area contributed by atoms with Gasteiger partial charge in [-0.25, -0.2) is 4.68 Å². The molecule has 2 N–H and O–H groups in total. The Morgan fingerprint density at radius 3 is 2.74 bits per heavy atom. The molecule has 6 heteroatoms. The predicted octanol–water partition coefficient (Wildman–Crippen LogP) is 2.55. The van der Waals surface area contributed by atoms with Crippen LogP contribution in [0, 0.1) is 0 Å². The van der Waals surface area contributed by atoms with E-state index in [2.05, 4.69) is 37.8 Å². The number of para-hydroxylation sites is 1. The standard InChI is InChI=1S/C21H30N6/c1-22-21(24-18-11-13-26(16-18)19-7-5-6-8-19)23-15-17-12-14-27(25-17)20-9-3-2-4-10-20/h2-4,9-10,12,14,18-19H,5-8,11,13,15-16H2,1H3,(H2,22,23,24). The van der Waals surface area contributed by atoms with E-state index < -0.39 is 0 Å². The van der Waals surface area contributed by atoms with Gasteiger partial charge in [-0.05, 0) is 37.5 Å². The lowest BCUT2D eigenvalue weighted by Gasteiger charge is -2.24. The highest BCUT2D eigenvalue weighted by atomic mass is 15.3. The van der Waals surface area contributed by atoms with Crippen LogP contribution in [0.1, 0.15) is 37.8 Å². The van der Waals surface area contributed by atoms with Crippen LogP contribution in [0.4, 0.5) is 0 Å². The Bertz CT molecular complexity index is 747. The number of guanidine groups is 1. The van der Waals surface area contributed by atoms with E-state index in [1.165, 1.54) is 38.6 Å². The summed E-state index contributed by atoms with van der Waals surface area (Å²) in [5.41, 5.74) is 2.07. The summed E-state index contributed by atoms with van der Waals surface area (Å²) >= 11 is 0. The van der Waals surface area contributed by atoms with Crippen molar-refractivity contribution in [3.63, 3.8) is 0 Å². The van der Waals surface area contributed by atoms with Crippen LogP contribution < -0.4 is 10.6 Å². The molecule has 1 aromatic heterocycles. The minimum absolute atomic E-state index is 0.485. The fourth-order valence-electron chi connectivity index (χ4n) is 4.25. The molecule has 1 saturated carbocycles. The van der Waals surface area contributed by atoms with Crippen LogP contribution in [0.15, 0.2) is 47.6 Å². The van der Waals surface area contributed by atoms with E-state index >= 15 is 0 Å². The Kier molecular flexibility index (Phi) is 5.72. The average molecular weight is 367 g/mol. The number of aliphatic imine (C=N–C) groups is 1. The fraction of sp³-hybridized carbons (Fsp3) is 0.524. The summed E-state index contributed by atoms with van der Waals surface area (Å²) in [5, 5.41) is 11.6. The van der Waals surface area contributed by atoms with Crippen molar-refractivity contribution in [2.45, 2.75) is 50.7 Å². The molecule has 1 aromatic carbocycles. The van der Waals surface area contributed by atoms with Gasteiger partial charge in [-0.2, -0.15) is 5.10 Å². The average Bonchev–Trinajstić information content (AvgIpc) is 3.47. The first kappa shape index (κ1) is 18.0. The maximum Gasteiger partial charge on any atom is 0.191 e. The lowest BCUT2D eigenvalue weighted by atomic mass is 10.2. The van der Waals surface area contributed by atoms with Crippen LogP contribution >= 0.6 is 0 Å². The number of likely N-dealkylation sites (tertiary alicyclic amines) is 1. The number of hydrogen-bond donors (Lipinski definition) is 2. The molecular formula is C21H30N6. The van der Waals surface area contributed by atoms with E-state index in [1.807, 2.05) is 42.2 Å². The zero-order valence-corrected chi connectivity index (χ0v) is 16.1. The predicted molar refractivity (Wildman–Crippen MR) is 109 cm³/mol. The molecular weight excluding hydrogens is 336 g/mol. The smallest absolute Gasteiger partial charge is 0.191 e. The number of hydrogen-bond acceptors (Lipinski definition) is 3. The van der Waals surface area contributed by atoms with Gasteiger partial charge in [0, 0.05) is 38.4 Å². The van der Waals surface area contributed by atoms with Crippen LogP contribution in [-0.2, 0) is 6.54 Å². The van der Waals surface area contributed by atoms with Gasteiger partial charge in [-0.3, -0.25) is 9.89 Å². The van der Waals surface area contributed by atoms with Gasteiger partial charge in [0.2, 0.25) is 0 Å². The van der Waals surface area contributed by atoms with Crippen molar-refractivity contribution in [1.29, 1.82) is 0 Å². The molecule has 27 heavy (non-hydrogen) atoms. The highest BCUT2D eigenvalue weighted by Gasteiger charge is 2.30. The Morgan fingerprint density at radius 2 is 1.96 bits per heavy atom. The molecule has 2 heterocycles. The lowest BCUT2D eigenvalue weighted by molar-refractivity contribution is 0.242. The number of rotatable bonds is 5. The summed E-state index contributed by atoms with van der Waals surface area (Å²) in [6, 6.07) is 13.5. The fourth-order valence-corrected chi connectivity index (χ4v) is 4.25. The summed E-state index contributed by atoms with van der Waals surface area (Å²) < 4.78 is 1.91. The Hall–Kier alpha value is -2.34. The maximum atomic E-state index is 4.65. The normalized spacial score (nSPS) is 21.7. The number of nitrogens with zero attached hydrogens (tertiary/aromatic N) is 4. The third-order valence-corrected chi connectivity index (χ3v) is 5.73. The zero-order valence-electron chi connectivity index (χ0n) is 16.1. The summed E-state index contributed by atoms with van der Waals surface area (Å²) in [4.78, 5) is 7.06. The highest BCUT2D eigenvalue weighted by Crippen LogP contribution is 2.26. The summed E-state index contributed by atoms with van der Waals surface area (Å²) in [6.07, 6.45) is 8.75. The van der Waals surface area contributed by atoms with Gasteiger partial charge in [0.15, 0.2) is 5.96 Å². The maximum absolute atomic E-state index is 4.65. The Morgan fingerprint density at radius 1 is 1.15 bits per heavy atom. The monoisotopic (exact) mass is 366 g/mol. The second kappa shape index (κ2) is 8.57. The van der Waals surface area contributed by atoms with Crippen LogP contribution in [0.3, 0.4) is 0 Å². The summed E-state index contributed by atoms with van der Waals surface area (Å²) in [5.74, 6) is 0.863. The van der Waals surface area contributed by atoms with Gasteiger partial charge >= 0.3 is 0 Å². The first-order chi connectivity index (χ1) is 13.3. The second-order valence-electron chi connectivity index (χ2n) is 7.58. The van der Waals surface area contributed by atoms with E-state index in [0.29, 0.717) is 12.6 Å². The van der Waals surface area contributed by atoms with Crippen molar-refractivity contribution in [2.75, 3.05) is 20.1 Å². The number of benzene rings is 1. The molecule has 2 fully saturated rings. The Labute approximate surface area is 161 Å². The van der Waals surface area contributed by atoms with Gasteiger partial charge < -0.3 is 10.6 Å². The van der Waals surface area contributed by atoms with E-state index in [4.69, 9.17) is 0 Å². The van der Waals surface area contributed by atoms with Crippen molar-refractivity contribution in [3.05, 3.63) is 48.3 Å². The first-order valence-electron chi connectivity index (χ1n) is 10.1. The quantitative estimate of drug-likeness (QED) is 0.631. The van der Waals surface area contributed by atoms with Gasteiger partial charge in [-0.1, -0.05) is 31.0 Å². The topological polar surface area (TPSA) is 57.5 Å². The van der Waals surface area contributed by atoms with Crippen LogP contribution in [0.25, 0.3) is 5.69 Å². The molecule has 1 saturated heterocycles. The van der Waals surface area contributed by atoms with E-state index in [9.17, 15) is 0 Å². The zero-order chi connectivity index (χ0) is 18.5. The molecule has 2 aromatic rings. The molecule has 1 atom stereocenters. The first-order valence-corrected chi connectivity index (χ1v) is 10.1. The third kappa shape index (κ3) is 4.50. The Balaban J connectivity index is 1.27. The van der Waals surface area contributed by atoms with Gasteiger partial charge in [0.05, 0.1) is 17.9 Å². The number of nitrogens with one attached hydrogen (secondary N) is 2. The third-order valence-electron chi connectivity index (χ3n) is 5.73. The van der Waals surface area contributed by atoms with Crippen LogP contribution in [-0.4, -0.2) is 52.9 Å². The van der Waals surface area contributed by atoms with Crippen molar-refractivity contribution < 1.29 is 0 Å². The summed E-state index contributed by atoms with van der Waals surface area (Å²) in [6.45, 7) is 3.01. The molecule has 0 spiro atoms. The SMILES string of the molecule is CN=C(NCc1ccn(-c2ccccc2)n1)NC1CCN(C2CCCC2)C1. The minimum atomic E-state index is 0.485. The summed E-state index contributed by atoms with van der Waals surface area (Å²) in [7, 11) is 1.83. The second-order valence-corrected chi connectivity index (χ2v) is 7.58. The molecule has 1 aliphatic heterocycles. The minimum Gasteiger partial charge on any atom is -0.352 e. The molecule has 0 radical (unpaired) electrons. The van der Waals surface area contributed by atoms with Crippen molar-refractivity contribution >= 4 is 5.96 Å². The lowest BCUT2D eigenvalue weighted by Crippen LogP contribution is -2.45. The van der Waals surface area contributed by atoms with Crippen LogP contribution in [0.2, 0.25) is 0 Å². The molecule has 1 unspecified atom stereocenters. The van der Waals surface area contributed by atoms with Crippen molar-refractivity contribution in [2.24, 2.45) is 4.99 Å². The van der Waals surface area contributed by atoms with Crippen LogP contribution in [0.5, 0.6) is 0 Å². The van der Waals surface area contributed by atoms with E-state index in [1.54, 1.807) is 0 Å². The molecule has 2 aliphatic rings. The van der Waals surface area contributed by atoms with E-state index in [-0.39, 0.29) is 0 Å². The van der Waals surface area contributed by atoms with Crippen molar-refractivity contribution in [3.8, 4) is 5.69 Å². The molecule has 6 nitrogen and oxygen atoms in total. The molecule has 4 rings (SSSR count). The molecule has 144 valence electrons. The van der Waals surface area contributed by atoms with Gasteiger partial charge in [-0.15, -0.1) is 0 Å². The van der Waals surface area contributed by atoms with Gasteiger partial charge in [0.25, 0.3) is 0 Å². The largest absolute Gasteiger partial charge is 0.352 e. The van der Waals surface area contributed by atoms with Crippen molar-refractivity contribution in [1.82, 2.24) is 25.3 Å². The number of aromatic nitrogens is 2. The van der Waals surface area contributed by atoms with E-state index in [0.717, 1.165) is 29.9 Å². The molecule has 1 aliphatic carbocycles. The highest BCUT2D eigenvalue weighted by molar-refractivity contribution is 5.79. The molecule has 0 amide bonds.